The Bertz CT molecular complexity index is 1220. The fourth-order valence-corrected chi connectivity index (χ4v) is 6.99. The van der Waals surface area contributed by atoms with Crippen LogP contribution < -0.4 is 0 Å². The molecule has 0 aromatic heterocycles. The van der Waals surface area contributed by atoms with Crippen molar-refractivity contribution < 1.29 is 0 Å². The van der Waals surface area contributed by atoms with E-state index in [1.54, 1.807) is 0 Å². The topological polar surface area (TPSA) is 0 Å². The lowest BCUT2D eigenvalue weighted by Crippen LogP contribution is -2.26. The average Bonchev–Trinajstić information content (AvgIpc) is 3.19. The maximum Gasteiger partial charge on any atom is 0.0250 e. The van der Waals surface area contributed by atoms with E-state index in [0.29, 0.717) is 11.8 Å². The summed E-state index contributed by atoms with van der Waals surface area (Å²) < 4.78 is 2.34. The van der Waals surface area contributed by atoms with E-state index in [4.69, 9.17) is 0 Å². The van der Waals surface area contributed by atoms with E-state index in [0.717, 1.165) is 4.47 Å². The van der Waals surface area contributed by atoms with Crippen LogP contribution in [-0.2, 0) is 0 Å². The normalized spacial score (nSPS) is 22.3. The molecule has 0 amide bonds. The van der Waals surface area contributed by atoms with Crippen LogP contribution in [0, 0.1) is 5.41 Å². The molecule has 0 radical (unpaired) electrons. The van der Waals surface area contributed by atoms with Gasteiger partial charge < -0.3 is 0 Å². The molecule has 0 saturated heterocycles. The van der Waals surface area contributed by atoms with Crippen LogP contribution in [0.4, 0.5) is 0 Å². The highest BCUT2D eigenvalue weighted by Crippen LogP contribution is 2.58. The van der Waals surface area contributed by atoms with Crippen LogP contribution >= 0.6 is 31.9 Å². The number of fused-ring (bicyclic) bond motifs is 3. The molecule has 152 valence electrons. The van der Waals surface area contributed by atoms with Crippen molar-refractivity contribution in [2.75, 3.05) is 0 Å². The van der Waals surface area contributed by atoms with E-state index in [9.17, 15) is 0 Å². The maximum absolute atomic E-state index is 3.77. The Hall–Kier alpha value is -1.64. The van der Waals surface area contributed by atoms with E-state index in [-0.39, 0.29) is 5.41 Å². The number of rotatable bonds is 2. The Kier molecular flexibility index (Phi) is 4.69. The molecule has 2 unspecified atom stereocenters. The predicted molar refractivity (Wildman–Crippen MR) is 136 cm³/mol. The van der Waals surface area contributed by atoms with Gasteiger partial charge in [-0.15, -0.1) is 0 Å². The van der Waals surface area contributed by atoms with Gasteiger partial charge in [-0.2, -0.15) is 0 Å². The summed E-state index contributed by atoms with van der Waals surface area (Å²) in [6, 6.07) is 13.3. The summed E-state index contributed by atoms with van der Waals surface area (Å²) in [5.41, 5.74) is 12.8. The molecule has 2 aromatic rings. The predicted octanol–water partition coefficient (Wildman–Crippen LogP) is 9.20. The van der Waals surface area contributed by atoms with E-state index in [1.807, 2.05) is 0 Å². The van der Waals surface area contributed by atoms with Gasteiger partial charge in [-0.05, 0) is 82.7 Å². The number of benzene rings is 2. The molecule has 0 spiro atoms. The minimum Gasteiger partial charge on any atom is -0.0643 e. The SMILES string of the molecule is CC1=Cc2c(Br)cccc2C1C(C)(C)C1=C(C)C=C2C1=Cc1cc(Br)ccc1C2C. The van der Waals surface area contributed by atoms with Crippen LogP contribution in [0.5, 0.6) is 0 Å². The Morgan fingerprint density at radius 3 is 2.43 bits per heavy atom. The fraction of sp³-hybridized carbons (Fsp3) is 0.286. The molecule has 0 fully saturated rings. The van der Waals surface area contributed by atoms with Crippen molar-refractivity contribution in [2.45, 2.75) is 46.5 Å². The van der Waals surface area contributed by atoms with Gasteiger partial charge in [0.1, 0.15) is 0 Å². The summed E-state index contributed by atoms with van der Waals surface area (Å²) in [6.07, 6.45) is 7.24. The zero-order valence-electron chi connectivity index (χ0n) is 18.1. The fourth-order valence-electron chi connectivity index (χ4n) is 6.11. The summed E-state index contributed by atoms with van der Waals surface area (Å²) in [5, 5.41) is 0. The molecule has 0 nitrogen and oxygen atoms in total. The van der Waals surface area contributed by atoms with Crippen molar-refractivity contribution >= 4 is 44.0 Å². The number of halogens is 2. The van der Waals surface area contributed by atoms with Gasteiger partial charge in [-0.1, -0.05) is 88.6 Å². The van der Waals surface area contributed by atoms with Gasteiger partial charge in [0.15, 0.2) is 0 Å². The quantitative estimate of drug-likeness (QED) is 0.369. The standard InChI is InChI=1S/C28H26Br2/c1-15-11-22-17(3)20-10-9-19(29)13-18(20)14-24(22)27(15)28(4,5)26-16(2)12-23-21(26)7-6-8-25(23)30/h6-14,17,26H,1-5H3. The molecule has 0 heterocycles. The van der Waals surface area contributed by atoms with Gasteiger partial charge in [-0.3, -0.25) is 0 Å². The van der Waals surface area contributed by atoms with E-state index in [1.165, 1.54) is 54.6 Å². The van der Waals surface area contributed by atoms with Crippen molar-refractivity contribution in [1.82, 2.24) is 0 Å². The van der Waals surface area contributed by atoms with E-state index >= 15 is 0 Å². The first kappa shape index (κ1) is 20.3. The molecule has 0 bridgehead atoms. The average molecular weight is 522 g/mol. The Balaban J connectivity index is 1.66. The van der Waals surface area contributed by atoms with Gasteiger partial charge in [-0.25, -0.2) is 0 Å². The molecule has 0 aliphatic heterocycles. The highest BCUT2D eigenvalue weighted by molar-refractivity contribution is 9.10. The van der Waals surface area contributed by atoms with Gasteiger partial charge in [0, 0.05) is 26.2 Å². The molecule has 0 N–H and O–H groups in total. The second-order valence-electron chi connectivity index (χ2n) is 9.50. The summed E-state index contributed by atoms with van der Waals surface area (Å²) in [4.78, 5) is 0. The highest BCUT2D eigenvalue weighted by Gasteiger charge is 2.44. The lowest BCUT2D eigenvalue weighted by Gasteiger charge is -2.38. The third-order valence-electron chi connectivity index (χ3n) is 7.22. The summed E-state index contributed by atoms with van der Waals surface area (Å²) in [7, 11) is 0. The van der Waals surface area contributed by atoms with Crippen LogP contribution in [-0.4, -0.2) is 0 Å². The third kappa shape index (κ3) is 2.83. The summed E-state index contributed by atoms with van der Waals surface area (Å²) in [5.74, 6) is 0.792. The van der Waals surface area contributed by atoms with Crippen LogP contribution in [0.15, 0.2) is 79.3 Å². The molecule has 3 aliphatic carbocycles. The first-order valence-corrected chi connectivity index (χ1v) is 12.2. The second-order valence-corrected chi connectivity index (χ2v) is 11.3. The molecule has 5 rings (SSSR count). The molecule has 2 aromatic carbocycles. The van der Waals surface area contributed by atoms with E-state index in [2.05, 4.69) is 121 Å². The minimum atomic E-state index is -0.00989. The largest absolute Gasteiger partial charge is 0.0643 e. The summed E-state index contributed by atoms with van der Waals surface area (Å²) in [6.45, 7) is 11.8. The first-order valence-electron chi connectivity index (χ1n) is 10.6. The zero-order chi connectivity index (χ0) is 21.4. The van der Waals surface area contributed by atoms with Crippen LogP contribution in [0.1, 0.15) is 68.7 Å². The molecule has 2 atom stereocenters. The van der Waals surface area contributed by atoms with Crippen molar-refractivity contribution in [2.24, 2.45) is 5.41 Å². The van der Waals surface area contributed by atoms with Crippen LogP contribution in [0.2, 0.25) is 0 Å². The summed E-state index contributed by atoms with van der Waals surface area (Å²) >= 11 is 7.44. The lowest BCUT2D eigenvalue weighted by atomic mass is 9.65. The van der Waals surface area contributed by atoms with Crippen molar-refractivity contribution in [1.29, 1.82) is 0 Å². The molecule has 3 aliphatic rings. The van der Waals surface area contributed by atoms with Crippen molar-refractivity contribution in [3.8, 4) is 0 Å². The van der Waals surface area contributed by atoms with Gasteiger partial charge >= 0.3 is 0 Å². The number of hydrogen-bond acceptors (Lipinski definition) is 0. The third-order valence-corrected chi connectivity index (χ3v) is 8.40. The highest BCUT2D eigenvalue weighted by atomic mass is 79.9. The van der Waals surface area contributed by atoms with Gasteiger partial charge in [0.05, 0.1) is 0 Å². The van der Waals surface area contributed by atoms with Crippen molar-refractivity contribution in [3.63, 3.8) is 0 Å². The number of hydrogen-bond donors (Lipinski definition) is 0. The first-order chi connectivity index (χ1) is 14.2. The van der Waals surface area contributed by atoms with Crippen LogP contribution in [0.25, 0.3) is 12.2 Å². The minimum absolute atomic E-state index is 0.00989. The molecule has 30 heavy (non-hydrogen) atoms. The van der Waals surface area contributed by atoms with Gasteiger partial charge in [0.2, 0.25) is 0 Å². The maximum atomic E-state index is 3.77. The zero-order valence-corrected chi connectivity index (χ0v) is 21.3. The lowest BCUT2D eigenvalue weighted by molar-refractivity contribution is 0.392. The van der Waals surface area contributed by atoms with Crippen molar-refractivity contribution in [3.05, 3.63) is 102 Å². The second kappa shape index (κ2) is 6.93. The molecule has 2 heteroatoms. The van der Waals surface area contributed by atoms with Crippen LogP contribution in [0.3, 0.4) is 0 Å². The molecule has 0 saturated carbocycles. The Morgan fingerprint density at radius 2 is 1.67 bits per heavy atom. The number of allylic oxidation sites excluding steroid dienone is 6. The van der Waals surface area contributed by atoms with Gasteiger partial charge in [0.25, 0.3) is 0 Å². The Labute approximate surface area is 196 Å². The monoisotopic (exact) mass is 520 g/mol. The smallest absolute Gasteiger partial charge is 0.0250 e. The Morgan fingerprint density at radius 1 is 0.900 bits per heavy atom. The molecular formula is C28H26Br2. The molecular weight excluding hydrogens is 496 g/mol. The van der Waals surface area contributed by atoms with E-state index < -0.39 is 0 Å².